The fraction of sp³-hybridized carbons (Fsp3) is 0.667. The van der Waals surface area contributed by atoms with E-state index in [-0.39, 0.29) is 11.3 Å². The molecule has 2 N–H and O–H groups in total. The lowest BCUT2D eigenvalue weighted by Gasteiger charge is -2.38. The lowest BCUT2D eigenvalue weighted by atomic mass is 9.79. The van der Waals surface area contributed by atoms with Crippen LogP contribution in [0, 0.1) is 0 Å². The molecule has 1 aromatic carbocycles. The molecule has 0 radical (unpaired) electrons. The van der Waals surface area contributed by atoms with Crippen LogP contribution in [0.3, 0.4) is 0 Å². The molecule has 1 saturated carbocycles. The predicted octanol–water partition coefficient (Wildman–Crippen LogP) is 2.16. The Hall–Kier alpha value is -0.910. The van der Waals surface area contributed by atoms with E-state index in [0.717, 1.165) is 50.5 Å². The van der Waals surface area contributed by atoms with Gasteiger partial charge in [-0.05, 0) is 43.2 Å². The van der Waals surface area contributed by atoms with Crippen LogP contribution in [0.15, 0.2) is 24.3 Å². The zero-order valence-electron chi connectivity index (χ0n) is 13.8. The molecule has 0 aliphatic heterocycles. The smallest absolute Gasteiger partial charge is 0.151 e. The van der Waals surface area contributed by atoms with E-state index in [2.05, 4.69) is 11.4 Å². The highest BCUT2D eigenvalue weighted by atomic mass is 32.2. The van der Waals surface area contributed by atoms with E-state index < -0.39 is 15.4 Å². The van der Waals surface area contributed by atoms with Crippen molar-refractivity contribution in [3.05, 3.63) is 35.4 Å². The first-order valence-electron chi connectivity index (χ1n) is 8.63. The van der Waals surface area contributed by atoms with Crippen molar-refractivity contribution in [1.29, 1.82) is 0 Å². The number of hydrogen-bond donors (Lipinski definition) is 2. The summed E-state index contributed by atoms with van der Waals surface area (Å²) in [5.41, 5.74) is 1.34. The standard InChI is InChI=1S/C18H27NO3S/c1-23(21,22)17-11-5-4-10-16(17)19-13-18(20)12-6-8-14-7-2-3-9-15(14)18/h2-3,7,9,16-17,19-20H,4-6,8,10-13H2,1H3/t16-,17+,18+/m0/s1. The Balaban J connectivity index is 1.75. The first-order chi connectivity index (χ1) is 10.9. The molecular weight excluding hydrogens is 310 g/mol. The molecular formula is C18H27NO3S. The lowest BCUT2D eigenvalue weighted by Crippen LogP contribution is -2.51. The topological polar surface area (TPSA) is 66.4 Å². The zero-order valence-corrected chi connectivity index (χ0v) is 14.6. The minimum Gasteiger partial charge on any atom is -0.384 e. The number of aliphatic hydroxyl groups is 1. The summed E-state index contributed by atoms with van der Waals surface area (Å²) >= 11 is 0. The number of sulfone groups is 1. The molecule has 2 aliphatic carbocycles. The minimum absolute atomic E-state index is 0.0446. The van der Waals surface area contributed by atoms with Gasteiger partial charge in [-0.15, -0.1) is 0 Å². The first kappa shape index (κ1) is 16.9. The summed E-state index contributed by atoms with van der Waals surface area (Å²) in [5, 5.41) is 14.2. The van der Waals surface area contributed by atoms with Crippen LogP contribution in [-0.2, 0) is 21.9 Å². The summed E-state index contributed by atoms with van der Waals surface area (Å²) < 4.78 is 24.0. The molecule has 1 aromatic rings. The molecule has 1 fully saturated rings. The highest BCUT2D eigenvalue weighted by Crippen LogP contribution is 2.35. The molecule has 3 atom stereocenters. The number of fused-ring (bicyclic) bond motifs is 1. The van der Waals surface area contributed by atoms with Gasteiger partial charge < -0.3 is 10.4 Å². The van der Waals surface area contributed by atoms with Crippen LogP contribution in [0.2, 0.25) is 0 Å². The average molecular weight is 337 g/mol. The average Bonchev–Trinajstić information content (AvgIpc) is 2.53. The second-order valence-electron chi connectivity index (χ2n) is 7.18. The van der Waals surface area contributed by atoms with Crippen LogP contribution < -0.4 is 5.32 Å². The summed E-state index contributed by atoms with van der Waals surface area (Å²) in [4.78, 5) is 0. The maximum absolute atomic E-state index is 12.0. The summed E-state index contributed by atoms with van der Waals surface area (Å²) in [6.07, 6.45) is 7.67. The predicted molar refractivity (Wildman–Crippen MR) is 92.2 cm³/mol. The molecule has 23 heavy (non-hydrogen) atoms. The van der Waals surface area contributed by atoms with Gasteiger partial charge in [-0.2, -0.15) is 0 Å². The molecule has 0 heterocycles. The van der Waals surface area contributed by atoms with E-state index in [1.807, 2.05) is 18.2 Å². The van der Waals surface area contributed by atoms with Gasteiger partial charge in [0.2, 0.25) is 0 Å². The van der Waals surface area contributed by atoms with Crippen LogP contribution in [0.25, 0.3) is 0 Å². The lowest BCUT2D eigenvalue weighted by molar-refractivity contribution is 0.0156. The number of hydrogen-bond acceptors (Lipinski definition) is 4. The number of benzene rings is 1. The van der Waals surface area contributed by atoms with Crippen molar-refractivity contribution in [2.75, 3.05) is 12.8 Å². The van der Waals surface area contributed by atoms with Gasteiger partial charge in [-0.3, -0.25) is 0 Å². The Bertz CT molecular complexity index is 658. The summed E-state index contributed by atoms with van der Waals surface area (Å²) in [7, 11) is -3.05. The van der Waals surface area contributed by atoms with Crippen molar-refractivity contribution in [2.24, 2.45) is 0 Å². The van der Waals surface area contributed by atoms with E-state index in [9.17, 15) is 13.5 Å². The molecule has 0 spiro atoms. The Labute approximate surface area is 139 Å². The molecule has 0 aromatic heterocycles. The molecule has 0 saturated heterocycles. The second-order valence-corrected chi connectivity index (χ2v) is 9.45. The van der Waals surface area contributed by atoms with Crippen molar-refractivity contribution in [3.8, 4) is 0 Å². The van der Waals surface area contributed by atoms with Gasteiger partial charge in [0.1, 0.15) is 5.60 Å². The molecule has 3 rings (SSSR count). The monoisotopic (exact) mass is 337 g/mol. The van der Waals surface area contributed by atoms with Gasteiger partial charge in [0.05, 0.1) is 5.25 Å². The van der Waals surface area contributed by atoms with E-state index in [0.29, 0.717) is 6.54 Å². The second kappa shape index (κ2) is 6.54. The van der Waals surface area contributed by atoms with Gasteiger partial charge in [0.25, 0.3) is 0 Å². The fourth-order valence-electron chi connectivity index (χ4n) is 4.22. The van der Waals surface area contributed by atoms with Crippen LogP contribution in [0.4, 0.5) is 0 Å². The summed E-state index contributed by atoms with van der Waals surface area (Å²) in [5.74, 6) is 0. The Morgan fingerprint density at radius 3 is 2.74 bits per heavy atom. The van der Waals surface area contributed by atoms with Crippen molar-refractivity contribution < 1.29 is 13.5 Å². The van der Waals surface area contributed by atoms with Crippen LogP contribution in [0.1, 0.15) is 49.7 Å². The molecule has 4 nitrogen and oxygen atoms in total. The van der Waals surface area contributed by atoms with Crippen molar-refractivity contribution in [2.45, 2.75) is 61.8 Å². The largest absolute Gasteiger partial charge is 0.384 e. The van der Waals surface area contributed by atoms with E-state index in [1.165, 1.54) is 11.8 Å². The molecule has 5 heteroatoms. The molecule has 0 unspecified atom stereocenters. The van der Waals surface area contributed by atoms with Gasteiger partial charge in [-0.1, -0.05) is 37.1 Å². The van der Waals surface area contributed by atoms with Gasteiger partial charge in [0.15, 0.2) is 9.84 Å². The highest BCUT2D eigenvalue weighted by molar-refractivity contribution is 7.91. The quantitative estimate of drug-likeness (QED) is 0.883. The molecule has 2 aliphatic rings. The third-order valence-corrected chi connectivity index (χ3v) is 7.13. The maximum atomic E-state index is 12.0. The van der Waals surface area contributed by atoms with E-state index >= 15 is 0 Å². The number of rotatable bonds is 4. The normalized spacial score (nSPS) is 31.6. The first-order valence-corrected chi connectivity index (χ1v) is 10.6. The Morgan fingerprint density at radius 2 is 1.96 bits per heavy atom. The Morgan fingerprint density at radius 1 is 1.22 bits per heavy atom. The molecule has 0 bridgehead atoms. The van der Waals surface area contributed by atoms with E-state index in [4.69, 9.17) is 0 Å². The van der Waals surface area contributed by atoms with Gasteiger partial charge in [-0.25, -0.2) is 8.42 Å². The zero-order chi connectivity index (χ0) is 16.5. The maximum Gasteiger partial charge on any atom is 0.151 e. The van der Waals surface area contributed by atoms with Gasteiger partial charge in [0, 0.05) is 18.8 Å². The minimum atomic E-state index is -3.05. The third kappa shape index (κ3) is 3.62. The SMILES string of the molecule is CS(=O)(=O)[C@@H]1CCCC[C@@H]1NC[C@]1(O)CCCc2ccccc21. The highest BCUT2D eigenvalue weighted by Gasteiger charge is 2.37. The van der Waals surface area contributed by atoms with Gasteiger partial charge >= 0.3 is 0 Å². The fourth-order valence-corrected chi connectivity index (χ4v) is 5.65. The number of aryl methyl sites for hydroxylation is 1. The van der Waals surface area contributed by atoms with Crippen LogP contribution in [-0.4, -0.2) is 37.6 Å². The summed E-state index contributed by atoms with van der Waals surface area (Å²) in [6.45, 7) is 0.431. The molecule has 0 amide bonds. The summed E-state index contributed by atoms with van der Waals surface area (Å²) in [6, 6.07) is 8.02. The van der Waals surface area contributed by atoms with Crippen molar-refractivity contribution in [3.63, 3.8) is 0 Å². The van der Waals surface area contributed by atoms with Crippen LogP contribution >= 0.6 is 0 Å². The van der Waals surface area contributed by atoms with E-state index in [1.54, 1.807) is 0 Å². The van der Waals surface area contributed by atoms with Crippen molar-refractivity contribution in [1.82, 2.24) is 5.32 Å². The third-order valence-electron chi connectivity index (χ3n) is 5.46. The van der Waals surface area contributed by atoms with Crippen LogP contribution in [0.5, 0.6) is 0 Å². The Kier molecular flexibility index (Phi) is 4.81. The van der Waals surface area contributed by atoms with Crippen molar-refractivity contribution >= 4 is 9.84 Å². The molecule has 128 valence electrons. The number of nitrogens with one attached hydrogen (secondary N) is 1.